The maximum absolute atomic E-state index is 5.84. The van der Waals surface area contributed by atoms with Gasteiger partial charge in [0.25, 0.3) is 5.89 Å². The van der Waals surface area contributed by atoms with Gasteiger partial charge in [-0.15, -0.1) is 0 Å². The van der Waals surface area contributed by atoms with Crippen LogP contribution >= 0.6 is 34.2 Å². The molecule has 6 heteroatoms. The van der Waals surface area contributed by atoms with Crippen LogP contribution in [0.15, 0.2) is 22.7 Å². The second-order valence-corrected chi connectivity index (χ2v) is 4.11. The zero-order chi connectivity index (χ0) is 10.8. The van der Waals surface area contributed by atoms with Crippen molar-refractivity contribution in [1.82, 2.24) is 10.1 Å². The van der Waals surface area contributed by atoms with Crippen molar-refractivity contribution in [2.24, 2.45) is 0 Å². The van der Waals surface area contributed by atoms with E-state index in [4.69, 9.17) is 20.9 Å². The molecule has 0 amide bonds. The van der Waals surface area contributed by atoms with Gasteiger partial charge in [0.05, 0.1) is 12.7 Å². The second-order valence-electron chi connectivity index (χ2n) is 2.71. The Labute approximate surface area is 105 Å². The molecule has 0 spiro atoms. The van der Waals surface area contributed by atoms with Gasteiger partial charge in [-0.1, -0.05) is 16.8 Å². The number of methoxy groups -OCH3 is 1. The Hall–Kier alpha value is -0.820. The molecule has 0 bridgehead atoms. The first kappa shape index (κ1) is 10.7. The van der Waals surface area contributed by atoms with Crippen molar-refractivity contribution < 1.29 is 9.26 Å². The molecule has 0 fully saturated rings. The highest BCUT2D eigenvalue weighted by Crippen LogP contribution is 2.31. The van der Waals surface area contributed by atoms with Crippen LogP contribution < -0.4 is 4.74 Å². The summed E-state index contributed by atoms with van der Waals surface area (Å²) in [6, 6.07) is 5.23. The summed E-state index contributed by atoms with van der Waals surface area (Å²) < 4.78 is 10.8. The van der Waals surface area contributed by atoms with E-state index in [0.29, 0.717) is 20.5 Å². The minimum absolute atomic E-state index is 0.424. The Balaban J connectivity index is 2.52. The minimum atomic E-state index is 0.424. The topological polar surface area (TPSA) is 48.2 Å². The average Bonchev–Trinajstić information content (AvgIpc) is 2.64. The van der Waals surface area contributed by atoms with Crippen LogP contribution in [0, 0.1) is 3.83 Å². The number of rotatable bonds is 2. The van der Waals surface area contributed by atoms with Crippen LogP contribution in [-0.2, 0) is 0 Å². The predicted octanol–water partition coefficient (Wildman–Crippen LogP) is 3.00. The monoisotopic (exact) mass is 336 g/mol. The molecule has 0 N–H and O–H groups in total. The highest BCUT2D eigenvalue weighted by Gasteiger charge is 2.12. The summed E-state index contributed by atoms with van der Waals surface area (Å²) in [6.07, 6.45) is 0. The number of halogens is 2. The van der Waals surface area contributed by atoms with Crippen LogP contribution in [0.25, 0.3) is 11.5 Å². The maximum Gasteiger partial charge on any atom is 0.262 e. The van der Waals surface area contributed by atoms with E-state index in [1.54, 1.807) is 25.3 Å². The lowest BCUT2D eigenvalue weighted by Crippen LogP contribution is -1.88. The van der Waals surface area contributed by atoms with Gasteiger partial charge in [0.1, 0.15) is 5.75 Å². The predicted molar refractivity (Wildman–Crippen MR) is 64.0 cm³/mol. The van der Waals surface area contributed by atoms with Gasteiger partial charge in [-0.2, -0.15) is 4.98 Å². The van der Waals surface area contributed by atoms with E-state index in [1.807, 2.05) is 22.6 Å². The van der Waals surface area contributed by atoms with Crippen molar-refractivity contribution in [2.75, 3.05) is 7.11 Å². The normalized spacial score (nSPS) is 10.3. The molecule has 0 radical (unpaired) electrons. The van der Waals surface area contributed by atoms with Gasteiger partial charge in [-0.25, -0.2) is 0 Å². The van der Waals surface area contributed by atoms with Crippen molar-refractivity contribution in [3.05, 3.63) is 27.1 Å². The lowest BCUT2D eigenvalue weighted by Gasteiger charge is -2.04. The lowest BCUT2D eigenvalue weighted by atomic mass is 10.2. The van der Waals surface area contributed by atoms with Crippen LogP contribution in [0.3, 0.4) is 0 Å². The zero-order valence-electron chi connectivity index (χ0n) is 7.70. The van der Waals surface area contributed by atoms with Gasteiger partial charge in [0.2, 0.25) is 3.83 Å². The van der Waals surface area contributed by atoms with Gasteiger partial charge < -0.3 is 9.26 Å². The molecule has 0 aliphatic rings. The minimum Gasteiger partial charge on any atom is -0.496 e. The summed E-state index contributed by atoms with van der Waals surface area (Å²) >= 11 is 7.82. The third-order valence-corrected chi connectivity index (χ3v) is 2.47. The maximum atomic E-state index is 5.84. The smallest absolute Gasteiger partial charge is 0.262 e. The molecule has 1 aromatic heterocycles. The number of nitrogens with zero attached hydrogens (tertiary/aromatic N) is 2. The van der Waals surface area contributed by atoms with Crippen molar-refractivity contribution >= 4 is 34.2 Å². The first-order valence-corrected chi connectivity index (χ1v) is 5.49. The molecule has 78 valence electrons. The van der Waals surface area contributed by atoms with Gasteiger partial charge in [-0.05, 0) is 18.2 Å². The van der Waals surface area contributed by atoms with Gasteiger partial charge in [0, 0.05) is 27.6 Å². The first-order chi connectivity index (χ1) is 7.20. The highest BCUT2D eigenvalue weighted by atomic mass is 127. The molecular formula is C9H6ClIN2O2. The standard InChI is InChI=1S/C9H6ClIN2O2/c1-14-7-4-5(10)2-3-6(7)8-12-9(11)13-15-8/h2-4H,1H3. The van der Waals surface area contributed by atoms with Gasteiger partial charge in [-0.3, -0.25) is 0 Å². The summed E-state index contributed by atoms with van der Waals surface area (Å²) in [7, 11) is 1.57. The fourth-order valence-corrected chi connectivity index (χ4v) is 1.64. The largest absolute Gasteiger partial charge is 0.496 e. The molecule has 0 aliphatic carbocycles. The van der Waals surface area contributed by atoms with E-state index in [-0.39, 0.29) is 0 Å². The van der Waals surface area contributed by atoms with Gasteiger partial charge in [0.15, 0.2) is 0 Å². The van der Waals surface area contributed by atoms with Crippen molar-refractivity contribution in [1.29, 1.82) is 0 Å². The fourth-order valence-electron chi connectivity index (χ4n) is 1.16. The number of hydrogen-bond acceptors (Lipinski definition) is 4. The van der Waals surface area contributed by atoms with E-state index in [0.717, 1.165) is 5.56 Å². The van der Waals surface area contributed by atoms with E-state index >= 15 is 0 Å². The molecule has 2 rings (SSSR count). The second kappa shape index (κ2) is 4.36. The number of ether oxygens (including phenoxy) is 1. The Morgan fingerprint density at radius 2 is 2.27 bits per heavy atom. The van der Waals surface area contributed by atoms with Crippen molar-refractivity contribution in [2.45, 2.75) is 0 Å². The molecular weight excluding hydrogens is 330 g/mol. The lowest BCUT2D eigenvalue weighted by molar-refractivity contribution is 0.404. The molecule has 1 heterocycles. The van der Waals surface area contributed by atoms with Crippen LogP contribution in [0.1, 0.15) is 0 Å². The van der Waals surface area contributed by atoms with E-state index < -0.39 is 0 Å². The third kappa shape index (κ3) is 2.23. The van der Waals surface area contributed by atoms with Crippen LogP contribution in [0.2, 0.25) is 5.02 Å². The molecule has 1 aromatic carbocycles. The van der Waals surface area contributed by atoms with Crippen LogP contribution in [0.4, 0.5) is 0 Å². The Morgan fingerprint density at radius 1 is 1.47 bits per heavy atom. The molecule has 15 heavy (non-hydrogen) atoms. The molecule has 0 atom stereocenters. The summed E-state index contributed by atoms with van der Waals surface area (Å²) in [5.41, 5.74) is 0.734. The quantitative estimate of drug-likeness (QED) is 0.791. The molecule has 4 nitrogen and oxygen atoms in total. The van der Waals surface area contributed by atoms with Gasteiger partial charge >= 0.3 is 0 Å². The molecule has 2 aromatic rings. The molecule has 0 saturated carbocycles. The van der Waals surface area contributed by atoms with E-state index in [2.05, 4.69) is 10.1 Å². The summed E-state index contributed by atoms with van der Waals surface area (Å²) in [5, 5.41) is 4.30. The molecule has 0 aliphatic heterocycles. The number of aromatic nitrogens is 2. The van der Waals surface area contributed by atoms with E-state index in [9.17, 15) is 0 Å². The van der Waals surface area contributed by atoms with Crippen molar-refractivity contribution in [3.63, 3.8) is 0 Å². The number of benzene rings is 1. The van der Waals surface area contributed by atoms with Crippen LogP contribution in [-0.4, -0.2) is 17.3 Å². The summed E-state index contributed by atoms with van der Waals surface area (Å²) in [6.45, 7) is 0. The Bertz CT molecular complexity index is 487. The highest BCUT2D eigenvalue weighted by molar-refractivity contribution is 14.1. The zero-order valence-corrected chi connectivity index (χ0v) is 10.6. The third-order valence-electron chi connectivity index (χ3n) is 1.80. The average molecular weight is 337 g/mol. The SMILES string of the molecule is COc1cc(Cl)ccc1-c1nc(I)no1. The Kier molecular flexibility index (Phi) is 3.11. The molecule has 0 unspecified atom stereocenters. The van der Waals surface area contributed by atoms with Crippen LogP contribution in [0.5, 0.6) is 5.75 Å². The van der Waals surface area contributed by atoms with E-state index in [1.165, 1.54) is 0 Å². The molecule has 0 saturated heterocycles. The van der Waals surface area contributed by atoms with Crippen molar-refractivity contribution in [3.8, 4) is 17.2 Å². The summed E-state index contributed by atoms with van der Waals surface area (Å²) in [5.74, 6) is 1.04. The first-order valence-electron chi connectivity index (χ1n) is 4.04. The fraction of sp³-hybridized carbons (Fsp3) is 0.111. The number of hydrogen-bond donors (Lipinski definition) is 0. The summed E-state index contributed by atoms with van der Waals surface area (Å²) in [4.78, 5) is 4.11. The Morgan fingerprint density at radius 3 is 2.87 bits per heavy atom.